The number of hydrogen-bond donors (Lipinski definition) is 0. The molecule has 0 aromatic heterocycles. The van der Waals surface area contributed by atoms with E-state index >= 15 is 0 Å². The minimum absolute atomic E-state index is 0.674. The molecule has 0 amide bonds. The number of nitrogens with zero attached hydrogens (tertiary/aromatic N) is 1. The van der Waals surface area contributed by atoms with E-state index in [1.165, 1.54) is 69.9 Å². The Hall–Kier alpha value is -4.84. The van der Waals surface area contributed by atoms with Crippen LogP contribution in [0.25, 0.3) is 65.7 Å². The predicted molar refractivity (Wildman–Crippen MR) is 164 cm³/mol. The molecule has 8 rings (SSSR count). The SMILES string of the molecule is N#Cc1ccc(-c2c3ccccc3c(-c3ccc4c(c3)Sc3cccc5cccc-4c35)c3ccccc23)cc1. The maximum absolute atomic E-state index is 9.33. The lowest BCUT2D eigenvalue weighted by atomic mass is 9.85. The quantitative estimate of drug-likeness (QED) is 0.216. The number of rotatable bonds is 2. The Kier molecular flexibility index (Phi) is 4.89. The van der Waals surface area contributed by atoms with Gasteiger partial charge in [0.1, 0.15) is 0 Å². The van der Waals surface area contributed by atoms with E-state index in [9.17, 15) is 5.26 Å². The number of benzene rings is 7. The first-order valence-electron chi connectivity index (χ1n) is 13.1. The van der Waals surface area contributed by atoms with E-state index in [0.29, 0.717) is 5.56 Å². The normalized spacial score (nSPS) is 12.0. The fourth-order valence-corrected chi connectivity index (χ4v) is 7.37. The van der Waals surface area contributed by atoms with Crippen LogP contribution in [0.15, 0.2) is 137 Å². The summed E-state index contributed by atoms with van der Waals surface area (Å²) in [6, 6.07) is 47.8. The predicted octanol–water partition coefficient (Wildman–Crippen LogP) is 10.5. The highest BCUT2D eigenvalue weighted by Crippen LogP contribution is 2.50. The van der Waals surface area contributed by atoms with Gasteiger partial charge in [-0.15, -0.1) is 0 Å². The highest BCUT2D eigenvalue weighted by molar-refractivity contribution is 7.99. The van der Waals surface area contributed by atoms with Gasteiger partial charge < -0.3 is 0 Å². The molecular weight excluding hydrogens is 490 g/mol. The van der Waals surface area contributed by atoms with Gasteiger partial charge in [0.2, 0.25) is 0 Å². The average molecular weight is 512 g/mol. The van der Waals surface area contributed by atoms with Gasteiger partial charge in [-0.2, -0.15) is 5.26 Å². The van der Waals surface area contributed by atoms with Crippen LogP contribution in [0.3, 0.4) is 0 Å². The molecule has 0 bridgehead atoms. The van der Waals surface area contributed by atoms with E-state index in [4.69, 9.17) is 0 Å². The fourth-order valence-electron chi connectivity index (χ4n) is 6.18. The van der Waals surface area contributed by atoms with Gasteiger partial charge in [-0.05, 0) is 84.6 Å². The van der Waals surface area contributed by atoms with Crippen LogP contribution >= 0.6 is 11.8 Å². The molecule has 1 aliphatic rings. The molecule has 0 unspecified atom stereocenters. The van der Waals surface area contributed by atoms with E-state index in [1.54, 1.807) is 0 Å². The Balaban J connectivity index is 1.41. The van der Waals surface area contributed by atoms with Crippen molar-refractivity contribution in [3.63, 3.8) is 0 Å². The van der Waals surface area contributed by atoms with Crippen LogP contribution in [0, 0.1) is 11.3 Å². The van der Waals surface area contributed by atoms with Crippen molar-refractivity contribution < 1.29 is 0 Å². The lowest BCUT2D eigenvalue weighted by molar-refractivity contribution is 1.40. The molecule has 0 saturated carbocycles. The summed E-state index contributed by atoms with van der Waals surface area (Å²) in [5.74, 6) is 0. The van der Waals surface area contributed by atoms with Gasteiger partial charge in [-0.3, -0.25) is 0 Å². The molecule has 0 fully saturated rings. The molecule has 0 N–H and O–H groups in total. The zero-order valence-corrected chi connectivity index (χ0v) is 21.8. The van der Waals surface area contributed by atoms with Crippen molar-refractivity contribution in [2.24, 2.45) is 0 Å². The maximum atomic E-state index is 9.33. The van der Waals surface area contributed by atoms with Crippen molar-refractivity contribution in [1.29, 1.82) is 5.26 Å². The van der Waals surface area contributed by atoms with Crippen LogP contribution in [0.1, 0.15) is 5.56 Å². The number of nitriles is 1. The molecular formula is C37H21NS. The van der Waals surface area contributed by atoms with Gasteiger partial charge in [0.25, 0.3) is 0 Å². The molecule has 2 heteroatoms. The highest BCUT2D eigenvalue weighted by Gasteiger charge is 2.21. The van der Waals surface area contributed by atoms with E-state index in [-0.39, 0.29) is 0 Å². The highest BCUT2D eigenvalue weighted by atomic mass is 32.2. The van der Waals surface area contributed by atoms with Crippen molar-refractivity contribution in [2.75, 3.05) is 0 Å². The Morgan fingerprint density at radius 1 is 0.487 bits per heavy atom. The molecule has 180 valence electrons. The second-order valence-corrected chi connectivity index (χ2v) is 11.1. The van der Waals surface area contributed by atoms with Crippen molar-refractivity contribution >= 4 is 44.1 Å². The monoisotopic (exact) mass is 511 g/mol. The van der Waals surface area contributed by atoms with E-state index in [0.717, 1.165) is 5.56 Å². The summed E-state index contributed by atoms with van der Waals surface area (Å²) < 4.78 is 0. The average Bonchev–Trinajstić information content (AvgIpc) is 3.00. The lowest BCUT2D eigenvalue weighted by Gasteiger charge is -2.22. The number of hydrogen-bond acceptors (Lipinski definition) is 2. The van der Waals surface area contributed by atoms with E-state index in [1.807, 2.05) is 23.9 Å². The van der Waals surface area contributed by atoms with Crippen molar-refractivity contribution in [1.82, 2.24) is 0 Å². The fraction of sp³-hybridized carbons (Fsp3) is 0. The first kappa shape index (κ1) is 22.2. The van der Waals surface area contributed by atoms with Crippen LogP contribution in [0.2, 0.25) is 0 Å². The molecule has 0 spiro atoms. The van der Waals surface area contributed by atoms with Crippen molar-refractivity contribution in [2.45, 2.75) is 9.79 Å². The molecule has 7 aromatic rings. The summed E-state index contributed by atoms with van der Waals surface area (Å²) in [4.78, 5) is 2.61. The largest absolute Gasteiger partial charge is 0.192 e. The van der Waals surface area contributed by atoms with Gasteiger partial charge in [-0.1, -0.05) is 115 Å². The van der Waals surface area contributed by atoms with Crippen LogP contribution < -0.4 is 0 Å². The third-order valence-corrected chi connectivity index (χ3v) is 9.00. The smallest absolute Gasteiger partial charge is 0.0991 e. The minimum Gasteiger partial charge on any atom is -0.192 e. The lowest BCUT2D eigenvalue weighted by Crippen LogP contribution is -1.95. The molecule has 7 aromatic carbocycles. The van der Waals surface area contributed by atoms with Gasteiger partial charge in [0.05, 0.1) is 11.6 Å². The Bertz CT molecular complexity index is 2090. The Morgan fingerprint density at radius 2 is 1.08 bits per heavy atom. The van der Waals surface area contributed by atoms with E-state index in [2.05, 4.69) is 121 Å². The van der Waals surface area contributed by atoms with Crippen LogP contribution in [0.5, 0.6) is 0 Å². The zero-order valence-electron chi connectivity index (χ0n) is 21.0. The summed E-state index contributed by atoms with van der Waals surface area (Å²) in [5.41, 5.74) is 8.12. The van der Waals surface area contributed by atoms with E-state index < -0.39 is 0 Å². The molecule has 0 saturated heterocycles. The topological polar surface area (TPSA) is 23.8 Å². The van der Waals surface area contributed by atoms with Gasteiger partial charge in [-0.25, -0.2) is 0 Å². The molecule has 1 aliphatic heterocycles. The summed E-state index contributed by atoms with van der Waals surface area (Å²) in [6.07, 6.45) is 0. The first-order chi connectivity index (χ1) is 19.3. The van der Waals surface area contributed by atoms with Crippen molar-refractivity contribution in [3.8, 4) is 39.4 Å². The zero-order chi connectivity index (χ0) is 25.9. The first-order valence-corrected chi connectivity index (χ1v) is 13.9. The maximum Gasteiger partial charge on any atom is 0.0991 e. The third kappa shape index (κ3) is 3.34. The molecule has 0 atom stereocenters. The summed E-state index contributed by atoms with van der Waals surface area (Å²) in [5, 5.41) is 16.9. The minimum atomic E-state index is 0.674. The third-order valence-electron chi connectivity index (χ3n) is 7.88. The second kappa shape index (κ2) is 8.60. The molecule has 1 heterocycles. The molecule has 0 aliphatic carbocycles. The van der Waals surface area contributed by atoms with Crippen LogP contribution in [-0.4, -0.2) is 0 Å². The van der Waals surface area contributed by atoms with Gasteiger partial charge in [0, 0.05) is 15.2 Å². The number of fused-ring (bicyclic) bond motifs is 4. The molecule has 1 nitrogen and oxygen atoms in total. The second-order valence-electron chi connectivity index (χ2n) is 10.0. The summed E-state index contributed by atoms with van der Waals surface area (Å²) in [7, 11) is 0. The van der Waals surface area contributed by atoms with Crippen molar-refractivity contribution in [3.05, 3.63) is 133 Å². The van der Waals surface area contributed by atoms with Crippen LogP contribution in [-0.2, 0) is 0 Å². The van der Waals surface area contributed by atoms with Gasteiger partial charge in [0.15, 0.2) is 0 Å². The molecule has 0 radical (unpaired) electrons. The summed E-state index contributed by atoms with van der Waals surface area (Å²) in [6.45, 7) is 0. The Labute approximate surface area is 231 Å². The summed E-state index contributed by atoms with van der Waals surface area (Å²) >= 11 is 1.87. The molecule has 39 heavy (non-hydrogen) atoms. The standard InChI is InChI=1S/C37H21NS/c38-22-23-15-17-25(18-16-23)35-29-9-1-3-11-31(29)36(32-12-4-2-10-30(32)35)26-19-20-27-28-13-5-7-24-8-6-14-33(37(24)28)39-34(27)21-26/h1-21H. The van der Waals surface area contributed by atoms with Gasteiger partial charge >= 0.3 is 0 Å². The van der Waals surface area contributed by atoms with Crippen LogP contribution in [0.4, 0.5) is 0 Å². The Morgan fingerprint density at radius 3 is 1.72 bits per heavy atom.